The zero-order valence-electron chi connectivity index (χ0n) is 11.2. The highest BCUT2D eigenvalue weighted by Crippen LogP contribution is 2.23. The SMILES string of the molecule is CC(C)(C(=O)N[C@@H]1CCCNC1)c1ccccc1. The molecule has 0 aliphatic carbocycles. The van der Waals surface area contributed by atoms with Crippen LogP contribution in [0.4, 0.5) is 0 Å². The number of benzene rings is 1. The van der Waals surface area contributed by atoms with Crippen LogP contribution < -0.4 is 10.6 Å². The third-order valence-corrected chi connectivity index (χ3v) is 3.70. The Balaban J connectivity index is 2.03. The average molecular weight is 246 g/mol. The summed E-state index contributed by atoms with van der Waals surface area (Å²) in [6, 6.07) is 10.2. The maximum atomic E-state index is 12.4. The molecule has 1 amide bonds. The lowest BCUT2D eigenvalue weighted by Gasteiger charge is -2.30. The Morgan fingerprint density at radius 1 is 1.33 bits per heavy atom. The molecule has 3 heteroatoms. The summed E-state index contributed by atoms with van der Waals surface area (Å²) in [7, 11) is 0. The lowest BCUT2D eigenvalue weighted by atomic mass is 9.83. The number of amides is 1. The van der Waals surface area contributed by atoms with Gasteiger partial charge in [0.2, 0.25) is 5.91 Å². The first-order valence-corrected chi connectivity index (χ1v) is 6.68. The van der Waals surface area contributed by atoms with E-state index in [-0.39, 0.29) is 11.9 Å². The molecular weight excluding hydrogens is 224 g/mol. The van der Waals surface area contributed by atoms with Gasteiger partial charge in [-0.1, -0.05) is 30.3 Å². The highest BCUT2D eigenvalue weighted by molar-refractivity contribution is 5.87. The van der Waals surface area contributed by atoms with Gasteiger partial charge in [-0.25, -0.2) is 0 Å². The van der Waals surface area contributed by atoms with Crippen molar-refractivity contribution in [2.45, 2.75) is 38.1 Å². The highest BCUT2D eigenvalue weighted by atomic mass is 16.2. The van der Waals surface area contributed by atoms with Crippen LogP contribution in [0.2, 0.25) is 0 Å². The van der Waals surface area contributed by atoms with Crippen molar-refractivity contribution < 1.29 is 4.79 Å². The third-order valence-electron chi connectivity index (χ3n) is 3.70. The first kappa shape index (κ1) is 13.1. The topological polar surface area (TPSA) is 41.1 Å². The Hall–Kier alpha value is -1.35. The van der Waals surface area contributed by atoms with E-state index in [1.807, 2.05) is 44.2 Å². The summed E-state index contributed by atoms with van der Waals surface area (Å²) in [5, 5.41) is 6.47. The Morgan fingerprint density at radius 3 is 2.67 bits per heavy atom. The molecule has 3 nitrogen and oxygen atoms in total. The van der Waals surface area contributed by atoms with E-state index in [2.05, 4.69) is 10.6 Å². The van der Waals surface area contributed by atoms with Crippen molar-refractivity contribution >= 4 is 5.91 Å². The van der Waals surface area contributed by atoms with Crippen LogP contribution in [0.1, 0.15) is 32.3 Å². The number of carbonyl (C=O) groups excluding carboxylic acids is 1. The van der Waals surface area contributed by atoms with Gasteiger partial charge < -0.3 is 10.6 Å². The number of carbonyl (C=O) groups is 1. The van der Waals surface area contributed by atoms with E-state index >= 15 is 0 Å². The van der Waals surface area contributed by atoms with Crippen molar-refractivity contribution in [3.05, 3.63) is 35.9 Å². The predicted molar refractivity (Wildman–Crippen MR) is 73.5 cm³/mol. The van der Waals surface area contributed by atoms with Gasteiger partial charge >= 0.3 is 0 Å². The molecule has 0 saturated carbocycles. The third kappa shape index (κ3) is 2.91. The van der Waals surface area contributed by atoms with E-state index in [0.717, 1.165) is 31.5 Å². The second-order valence-electron chi connectivity index (χ2n) is 5.51. The molecule has 1 aliphatic rings. The van der Waals surface area contributed by atoms with Crippen molar-refractivity contribution in [3.8, 4) is 0 Å². The Bertz CT molecular complexity index is 394. The van der Waals surface area contributed by atoms with E-state index in [4.69, 9.17) is 0 Å². The molecule has 1 aromatic rings. The quantitative estimate of drug-likeness (QED) is 0.854. The van der Waals surface area contributed by atoms with Gasteiger partial charge in [0.25, 0.3) is 0 Å². The fourth-order valence-corrected chi connectivity index (χ4v) is 2.33. The molecule has 18 heavy (non-hydrogen) atoms. The second kappa shape index (κ2) is 5.53. The molecule has 1 heterocycles. The van der Waals surface area contributed by atoms with Gasteiger partial charge in [-0.2, -0.15) is 0 Å². The molecule has 0 radical (unpaired) electrons. The number of hydrogen-bond acceptors (Lipinski definition) is 2. The predicted octanol–water partition coefficient (Wildman–Crippen LogP) is 1.83. The van der Waals surface area contributed by atoms with Crippen LogP contribution in [0, 0.1) is 0 Å². The van der Waals surface area contributed by atoms with Gasteiger partial charge in [0, 0.05) is 12.6 Å². The van der Waals surface area contributed by atoms with Gasteiger partial charge in [0.05, 0.1) is 5.41 Å². The van der Waals surface area contributed by atoms with E-state index in [1.54, 1.807) is 0 Å². The standard InChI is InChI=1S/C15H22N2O/c1-15(2,12-7-4-3-5-8-12)14(18)17-13-9-6-10-16-11-13/h3-5,7-8,13,16H,6,9-11H2,1-2H3,(H,17,18)/t13-/m1/s1. The molecule has 98 valence electrons. The normalized spacial score (nSPS) is 20.4. The number of rotatable bonds is 3. The number of nitrogens with one attached hydrogen (secondary N) is 2. The van der Waals surface area contributed by atoms with Crippen molar-refractivity contribution in [2.75, 3.05) is 13.1 Å². The average Bonchev–Trinajstić information content (AvgIpc) is 2.41. The monoisotopic (exact) mass is 246 g/mol. The van der Waals surface area contributed by atoms with Crippen LogP contribution >= 0.6 is 0 Å². The zero-order valence-corrected chi connectivity index (χ0v) is 11.2. The van der Waals surface area contributed by atoms with Crippen LogP contribution in [0.25, 0.3) is 0 Å². The van der Waals surface area contributed by atoms with Crippen LogP contribution in [0.5, 0.6) is 0 Å². The first-order valence-electron chi connectivity index (χ1n) is 6.68. The molecule has 0 unspecified atom stereocenters. The summed E-state index contributed by atoms with van der Waals surface area (Å²) in [5.74, 6) is 0.113. The molecule has 1 saturated heterocycles. The molecule has 1 aromatic carbocycles. The Kier molecular flexibility index (Phi) is 4.02. The van der Waals surface area contributed by atoms with Crippen LogP contribution in [-0.4, -0.2) is 25.0 Å². The minimum absolute atomic E-state index is 0.113. The fraction of sp³-hybridized carbons (Fsp3) is 0.533. The van der Waals surface area contributed by atoms with E-state index in [1.165, 1.54) is 0 Å². The van der Waals surface area contributed by atoms with Gasteiger partial charge in [-0.3, -0.25) is 4.79 Å². The van der Waals surface area contributed by atoms with E-state index < -0.39 is 5.41 Å². The first-order chi connectivity index (χ1) is 8.60. The molecule has 0 spiro atoms. The molecule has 2 N–H and O–H groups in total. The summed E-state index contributed by atoms with van der Waals surface area (Å²) in [5.41, 5.74) is 0.588. The Morgan fingerprint density at radius 2 is 2.06 bits per heavy atom. The lowest BCUT2D eigenvalue weighted by molar-refractivity contribution is -0.126. The second-order valence-corrected chi connectivity index (χ2v) is 5.51. The zero-order chi connectivity index (χ0) is 13.0. The molecule has 0 bridgehead atoms. The van der Waals surface area contributed by atoms with E-state index in [9.17, 15) is 4.79 Å². The van der Waals surface area contributed by atoms with Crippen molar-refractivity contribution in [3.63, 3.8) is 0 Å². The van der Waals surface area contributed by atoms with Crippen molar-refractivity contribution in [1.29, 1.82) is 0 Å². The van der Waals surface area contributed by atoms with Crippen molar-refractivity contribution in [1.82, 2.24) is 10.6 Å². The van der Waals surface area contributed by atoms with Crippen LogP contribution in [0.15, 0.2) is 30.3 Å². The number of hydrogen-bond donors (Lipinski definition) is 2. The summed E-state index contributed by atoms with van der Waals surface area (Å²) in [4.78, 5) is 12.4. The summed E-state index contributed by atoms with van der Waals surface area (Å²) in [6.07, 6.45) is 2.21. The van der Waals surface area contributed by atoms with Crippen LogP contribution in [0.3, 0.4) is 0 Å². The van der Waals surface area contributed by atoms with Gasteiger partial charge in [-0.05, 0) is 38.8 Å². The maximum absolute atomic E-state index is 12.4. The maximum Gasteiger partial charge on any atom is 0.230 e. The molecule has 2 rings (SSSR count). The van der Waals surface area contributed by atoms with Gasteiger partial charge in [0.15, 0.2) is 0 Å². The molecule has 1 atom stereocenters. The minimum Gasteiger partial charge on any atom is -0.351 e. The lowest BCUT2D eigenvalue weighted by Crippen LogP contribution is -2.50. The molecule has 1 fully saturated rings. The van der Waals surface area contributed by atoms with E-state index in [0.29, 0.717) is 0 Å². The van der Waals surface area contributed by atoms with Gasteiger partial charge in [0.1, 0.15) is 0 Å². The molecule has 1 aliphatic heterocycles. The minimum atomic E-state index is -0.474. The smallest absolute Gasteiger partial charge is 0.230 e. The summed E-state index contributed by atoms with van der Waals surface area (Å²) < 4.78 is 0. The largest absolute Gasteiger partial charge is 0.351 e. The summed E-state index contributed by atoms with van der Waals surface area (Å²) in [6.45, 7) is 5.91. The summed E-state index contributed by atoms with van der Waals surface area (Å²) >= 11 is 0. The molecular formula is C15H22N2O. The Labute approximate surface area is 109 Å². The number of piperidine rings is 1. The molecule has 0 aromatic heterocycles. The fourth-order valence-electron chi connectivity index (χ4n) is 2.33. The highest BCUT2D eigenvalue weighted by Gasteiger charge is 2.31. The van der Waals surface area contributed by atoms with Crippen LogP contribution in [-0.2, 0) is 10.2 Å². The van der Waals surface area contributed by atoms with Crippen molar-refractivity contribution in [2.24, 2.45) is 0 Å². The van der Waals surface area contributed by atoms with Gasteiger partial charge in [-0.15, -0.1) is 0 Å².